The maximum Gasteiger partial charge on any atom is 0.311 e. The van der Waals surface area contributed by atoms with Crippen molar-refractivity contribution in [1.82, 2.24) is 4.90 Å². The molecule has 1 aromatic carbocycles. The van der Waals surface area contributed by atoms with E-state index in [2.05, 4.69) is 0 Å². The molecule has 6 heteroatoms. The summed E-state index contributed by atoms with van der Waals surface area (Å²) in [4.78, 5) is 26.3. The first-order valence-electron chi connectivity index (χ1n) is 7.72. The summed E-state index contributed by atoms with van der Waals surface area (Å²) in [5, 5.41) is 0. The number of hydrogen-bond acceptors (Lipinski definition) is 5. The molecule has 2 aliphatic heterocycles. The molecule has 0 N–H and O–H groups in total. The predicted octanol–water partition coefficient (Wildman–Crippen LogP) is 1.71. The second-order valence-corrected chi connectivity index (χ2v) is 5.86. The van der Waals surface area contributed by atoms with Crippen LogP contribution >= 0.6 is 0 Å². The number of hydrogen-bond donors (Lipinski definition) is 0. The average Bonchev–Trinajstić information content (AvgIpc) is 2.59. The van der Waals surface area contributed by atoms with Gasteiger partial charge in [0.1, 0.15) is 0 Å². The van der Waals surface area contributed by atoms with Crippen LogP contribution in [0, 0.1) is 5.92 Å². The molecule has 0 spiro atoms. The summed E-state index contributed by atoms with van der Waals surface area (Å²) >= 11 is 0. The third-order valence-corrected chi connectivity index (χ3v) is 4.80. The molecular formula is C17H21NO5. The molecule has 1 amide bonds. The van der Waals surface area contributed by atoms with E-state index in [1.54, 1.807) is 19.1 Å². The third-order valence-electron chi connectivity index (χ3n) is 4.80. The van der Waals surface area contributed by atoms with Crippen molar-refractivity contribution in [2.45, 2.75) is 25.3 Å². The lowest BCUT2D eigenvalue weighted by molar-refractivity contribution is -0.155. The van der Waals surface area contributed by atoms with Crippen molar-refractivity contribution in [3.05, 3.63) is 23.3 Å². The van der Waals surface area contributed by atoms with Crippen molar-refractivity contribution in [3.8, 4) is 11.5 Å². The number of piperidine rings is 1. The van der Waals surface area contributed by atoms with Crippen molar-refractivity contribution < 1.29 is 23.8 Å². The van der Waals surface area contributed by atoms with E-state index < -0.39 is 0 Å². The van der Waals surface area contributed by atoms with E-state index in [9.17, 15) is 9.59 Å². The molecule has 23 heavy (non-hydrogen) atoms. The molecule has 0 unspecified atom stereocenters. The Bertz CT molecular complexity index is 642. The largest absolute Gasteiger partial charge is 0.493 e. The van der Waals surface area contributed by atoms with Crippen LogP contribution in [0.4, 0.5) is 0 Å². The fraction of sp³-hybridized carbons (Fsp3) is 0.529. The summed E-state index contributed by atoms with van der Waals surface area (Å²) in [5.74, 6) is 0.756. The van der Waals surface area contributed by atoms with Gasteiger partial charge in [0, 0.05) is 13.0 Å². The highest BCUT2D eigenvalue weighted by Crippen LogP contribution is 2.44. The van der Waals surface area contributed by atoms with Crippen LogP contribution in [0.15, 0.2) is 12.1 Å². The first-order chi connectivity index (χ1) is 11.1. The van der Waals surface area contributed by atoms with E-state index in [0.29, 0.717) is 30.9 Å². The van der Waals surface area contributed by atoms with Crippen molar-refractivity contribution in [2.24, 2.45) is 5.92 Å². The Morgan fingerprint density at radius 3 is 2.48 bits per heavy atom. The molecule has 1 saturated heterocycles. The van der Waals surface area contributed by atoms with Gasteiger partial charge in [0.25, 0.3) is 0 Å². The van der Waals surface area contributed by atoms with Crippen LogP contribution in [-0.4, -0.2) is 44.7 Å². The van der Waals surface area contributed by atoms with Crippen molar-refractivity contribution in [3.63, 3.8) is 0 Å². The number of methoxy groups -OCH3 is 3. The molecule has 1 aromatic rings. The van der Waals surface area contributed by atoms with Crippen LogP contribution in [0.25, 0.3) is 0 Å². The van der Waals surface area contributed by atoms with Gasteiger partial charge in [0.2, 0.25) is 5.91 Å². The monoisotopic (exact) mass is 319 g/mol. The smallest absolute Gasteiger partial charge is 0.311 e. The van der Waals surface area contributed by atoms with Gasteiger partial charge >= 0.3 is 5.97 Å². The Morgan fingerprint density at radius 2 is 1.83 bits per heavy atom. The van der Waals surface area contributed by atoms with Crippen LogP contribution in [0.3, 0.4) is 0 Å². The molecule has 124 valence electrons. The number of esters is 1. The number of carbonyl (C=O) groups excluding carboxylic acids is 2. The van der Waals surface area contributed by atoms with Gasteiger partial charge in [-0.3, -0.25) is 9.59 Å². The third kappa shape index (κ3) is 2.52. The summed E-state index contributed by atoms with van der Waals surface area (Å²) in [5.41, 5.74) is 2.05. The minimum Gasteiger partial charge on any atom is -0.493 e. The maximum absolute atomic E-state index is 12.3. The molecule has 0 saturated carbocycles. The van der Waals surface area contributed by atoms with Gasteiger partial charge in [0.05, 0.1) is 33.3 Å². The van der Waals surface area contributed by atoms with Crippen molar-refractivity contribution in [1.29, 1.82) is 0 Å². The van der Waals surface area contributed by atoms with Gasteiger partial charge < -0.3 is 19.1 Å². The SMILES string of the molecule is COC(=O)[C@H]1CCC(=O)N2CCc3cc(OC)c(OC)cc3[C@@H]12. The summed E-state index contributed by atoms with van der Waals surface area (Å²) < 4.78 is 15.7. The fourth-order valence-electron chi connectivity index (χ4n) is 3.67. The molecule has 2 heterocycles. The van der Waals surface area contributed by atoms with E-state index in [4.69, 9.17) is 14.2 Å². The van der Waals surface area contributed by atoms with Gasteiger partial charge in [0.15, 0.2) is 11.5 Å². The normalized spacial score (nSPS) is 22.9. The number of fused-ring (bicyclic) bond motifs is 3. The number of nitrogens with zero attached hydrogens (tertiary/aromatic N) is 1. The molecule has 0 radical (unpaired) electrons. The van der Waals surface area contributed by atoms with Gasteiger partial charge in [-0.2, -0.15) is 0 Å². The summed E-state index contributed by atoms with van der Waals surface area (Å²) in [7, 11) is 4.57. The van der Waals surface area contributed by atoms with E-state index in [0.717, 1.165) is 17.5 Å². The Balaban J connectivity index is 2.10. The molecule has 0 aliphatic carbocycles. The number of benzene rings is 1. The molecule has 2 atom stereocenters. The first kappa shape index (κ1) is 15.6. The van der Waals surface area contributed by atoms with Crippen LogP contribution in [0.1, 0.15) is 30.0 Å². The lowest BCUT2D eigenvalue weighted by Gasteiger charge is -2.44. The van der Waals surface area contributed by atoms with E-state index in [-0.39, 0.29) is 23.8 Å². The van der Waals surface area contributed by atoms with E-state index >= 15 is 0 Å². The molecule has 0 aromatic heterocycles. The van der Waals surface area contributed by atoms with Crippen LogP contribution in [0.2, 0.25) is 0 Å². The van der Waals surface area contributed by atoms with Crippen molar-refractivity contribution >= 4 is 11.9 Å². The molecule has 0 bridgehead atoms. The number of carbonyl (C=O) groups is 2. The van der Waals surface area contributed by atoms with Crippen LogP contribution in [-0.2, 0) is 20.7 Å². The average molecular weight is 319 g/mol. The summed E-state index contributed by atoms with van der Waals surface area (Å²) in [6, 6.07) is 3.55. The quantitative estimate of drug-likeness (QED) is 0.794. The Labute approximate surface area is 135 Å². The highest BCUT2D eigenvalue weighted by atomic mass is 16.5. The molecule has 2 aliphatic rings. The Kier molecular flexibility index (Phi) is 4.15. The topological polar surface area (TPSA) is 65.1 Å². The standard InChI is InChI=1S/C17H21NO5/c1-21-13-8-10-6-7-18-15(19)5-4-11(17(20)23-3)16(18)12(10)9-14(13)22-2/h8-9,11,16H,4-7H2,1-3H3/t11-,16+/m0/s1. The second kappa shape index (κ2) is 6.10. The van der Waals surface area contributed by atoms with Crippen LogP contribution in [0.5, 0.6) is 11.5 Å². The first-order valence-corrected chi connectivity index (χ1v) is 7.72. The van der Waals surface area contributed by atoms with Gasteiger partial charge in [-0.05, 0) is 36.1 Å². The van der Waals surface area contributed by atoms with Gasteiger partial charge in [-0.1, -0.05) is 0 Å². The maximum atomic E-state index is 12.3. The minimum absolute atomic E-state index is 0.0931. The number of amides is 1. The second-order valence-electron chi connectivity index (χ2n) is 5.86. The van der Waals surface area contributed by atoms with Crippen LogP contribution < -0.4 is 9.47 Å². The molecule has 6 nitrogen and oxygen atoms in total. The summed E-state index contributed by atoms with van der Waals surface area (Å²) in [6.07, 6.45) is 1.64. The lowest BCUT2D eigenvalue weighted by Crippen LogP contribution is -2.48. The highest BCUT2D eigenvalue weighted by molar-refractivity contribution is 5.83. The zero-order valence-electron chi connectivity index (χ0n) is 13.6. The van der Waals surface area contributed by atoms with Gasteiger partial charge in [-0.15, -0.1) is 0 Å². The molecular weight excluding hydrogens is 298 g/mol. The van der Waals surface area contributed by atoms with E-state index in [1.165, 1.54) is 7.11 Å². The predicted molar refractivity (Wildman–Crippen MR) is 82.4 cm³/mol. The number of rotatable bonds is 3. The highest BCUT2D eigenvalue weighted by Gasteiger charge is 2.44. The minimum atomic E-state index is -0.338. The molecule has 3 rings (SSSR count). The van der Waals surface area contributed by atoms with E-state index in [1.807, 2.05) is 12.1 Å². The summed E-state index contributed by atoms with van der Waals surface area (Å²) in [6.45, 7) is 0.611. The Morgan fingerprint density at radius 1 is 1.13 bits per heavy atom. The Hall–Kier alpha value is -2.24. The number of ether oxygens (including phenoxy) is 3. The lowest BCUT2D eigenvalue weighted by atomic mass is 9.79. The van der Waals surface area contributed by atoms with Crippen molar-refractivity contribution in [2.75, 3.05) is 27.9 Å². The van der Waals surface area contributed by atoms with Gasteiger partial charge in [-0.25, -0.2) is 0 Å². The molecule has 1 fully saturated rings. The fourth-order valence-corrected chi connectivity index (χ4v) is 3.67. The zero-order chi connectivity index (χ0) is 16.6. The zero-order valence-corrected chi connectivity index (χ0v) is 13.6.